The third-order valence-corrected chi connectivity index (χ3v) is 6.48. The van der Waals surface area contributed by atoms with Crippen molar-refractivity contribution in [2.75, 3.05) is 0 Å². The third kappa shape index (κ3) is 1.79. The van der Waals surface area contributed by atoms with Gasteiger partial charge in [-0.25, -0.2) is 0 Å². The average molecular weight is 344 g/mol. The second-order valence-corrected chi connectivity index (χ2v) is 8.72. The first-order chi connectivity index (χ1) is 11.6. The fourth-order valence-corrected chi connectivity index (χ4v) is 5.45. The summed E-state index contributed by atoms with van der Waals surface area (Å²) in [5.41, 5.74) is 0.00461. The highest BCUT2D eigenvalue weighted by molar-refractivity contribution is 6.05. The van der Waals surface area contributed by atoms with E-state index in [1.807, 2.05) is 27.7 Å². The molecular weight excluding hydrogens is 320 g/mol. The molecular formula is C20H24O5. The van der Waals surface area contributed by atoms with E-state index in [0.29, 0.717) is 23.1 Å². The van der Waals surface area contributed by atoms with Crippen molar-refractivity contribution in [1.82, 2.24) is 0 Å². The molecule has 2 fully saturated rings. The lowest BCUT2D eigenvalue weighted by molar-refractivity contribution is -0.189. The summed E-state index contributed by atoms with van der Waals surface area (Å²) in [6.07, 6.45) is 1.09. The molecule has 3 unspecified atom stereocenters. The van der Waals surface area contributed by atoms with E-state index in [1.165, 1.54) is 0 Å². The van der Waals surface area contributed by atoms with Crippen LogP contribution in [0.1, 0.15) is 75.7 Å². The molecule has 134 valence electrons. The van der Waals surface area contributed by atoms with E-state index in [1.54, 1.807) is 6.07 Å². The van der Waals surface area contributed by atoms with E-state index in [-0.39, 0.29) is 28.6 Å². The van der Waals surface area contributed by atoms with Crippen LogP contribution in [0, 0.1) is 11.3 Å². The number of rotatable bonds is 1. The molecule has 1 aromatic carbocycles. The van der Waals surface area contributed by atoms with Gasteiger partial charge in [-0.3, -0.25) is 9.59 Å². The average Bonchev–Trinajstić information content (AvgIpc) is 2.51. The molecule has 3 atom stereocenters. The minimum Gasteiger partial charge on any atom is -0.504 e. The lowest BCUT2D eigenvalue weighted by atomic mass is 9.47. The normalized spacial score (nSPS) is 32.4. The summed E-state index contributed by atoms with van der Waals surface area (Å²) >= 11 is 0. The maximum atomic E-state index is 13.2. The van der Waals surface area contributed by atoms with E-state index < -0.39 is 23.4 Å². The molecule has 1 aromatic rings. The van der Waals surface area contributed by atoms with E-state index in [9.17, 15) is 19.8 Å². The van der Waals surface area contributed by atoms with Crippen molar-refractivity contribution in [1.29, 1.82) is 0 Å². The van der Waals surface area contributed by atoms with Gasteiger partial charge >= 0.3 is 5.97 Å². The summed E-state index contributed by atoms with van der Waals surface area (Å²) in [7, 11) is 0. The predicted molar refractivity (Wildman–Crippen MR) is 90.5 cm³/mol. The minimum atomic E-state index is -1.18. The number of carbonyl (C=O) groups is 2. The second kappa shape index (κ2) is 4.77. The Bertz CT molecular complexity index is 807. The van der Waals surface area contributed by atoms with E-state index >= 15 is 0 Å². The number of benzene rings is 1. The molecule has 1 spiro atoms. The number of phenols is 2. The van der Waals surface area contributed by atoms with Crippen LogP contribution in [0.25, 0.3) is 0 Å². The van der Waals surface area contributed by atoms with Crippen LogP contribution in [-0.4, -0.2) is 22.0 Å². The Morgan fingerprint density at radius 3 is 2.48 bits per heavy atom. The Morgan fingerprint density at radius 2 is 1.84 bits per heavy atom. The number of Topliss-reactive ketones (excluding diaryl/α,β-unsaturated/α-hetero) is 1. The molecule has 5 heteroatoms. The quantitative estimate of drug-likeness (QED) is 0.602. The summed E-state index contributed by atoms with van der Waals surface area (Å²) < 4.78 is 5.53. The Hall–Kier alpha value is -2.04. The number of ketones is 1. The molecule has 2 aliphatic carbocycles. The lowest BCUT2D eigenvalue weighted by Crippen LogP contribution is -2.64. The SMILES string of the molecule is CC(C)c1cc2c(c(O)c1O)C13CCCC(C)(C)C1C(=O)C2OC3=O. The summed E-state index contributed by atoms with van der Waals surface area (Å²) in [6.45, 7) is 7.81. The van der Waals surface area contributed by atoms with Crippen LogP contribution in [0.3, 0.4) is 0 Å². The Morgan fingerprint density at radius 1 is 1.16 bits per heavy atom. The molecule has 2 heterocycles. The standard InChI is InChI=1S/C20H24O5/c1-9(2)10-8-11-12(14(22)13(10)21)20-7-5-6-19(3,4)17(20)15(23)16(11)25-18(20)24/h8-9,16-17,21-22H,5-7H2,1-4H3. The van der Waals surface area contributed by atoms with Gasteiger partial charge in [0.2, 0.25) is 0 Å². The Labute approximate surface area is 147 Å². The summed E-state index contributed by atoms with van der Waals surface area (Å²) in [5, 5.41) is 21.4. The summed E-state index contributed by atoms with van der Waals surface area (Å²) in [6, 6.07) is 1.74. The first-order valence-electron chi connectivity index (χ1n) is 8.97. The molecule has 1 saturated heterocycles. The monoisotopic (exact) mass is 344 g/mol. The van der Waals surface area contributed by atoms with Crippen molar-refractivity contribution in [3.63, 3.8) is 0 Å². The number of hydrogen-bond acceptors (Lipinski definition) is 5. The largest absolute Gasteiger partial charge is 0.504 e. The highest BCUT2D eigenvalue weighted by Gasteiger charge is 2.69. The third-order valence-electron chi connectivity index (χ3n) is 6.48. The Balaban J connectivity index is 2.08. The lowest BCUT2D eigenvalue weighted by Gasteiger charge is -2.57. The van der Waals surface area contributed by atoms with Crippen molar-refractivity contribution >= 4 is 11.8 Å². The maximum absolute atomic E-state index is 13.2. The highest BCUT2D eigenvalue weighted by atomic mass is 16.6. The molecule has 5 rings (SSSR count). The molecule has 2 aliphatic heterocycles. The van der Waals surface area contributed by atoms with Gasteiger partial charge in [0.15, 0.2) is 23.4 Å². The van der Waals surface area contributed by atoms with Crippen LogP contribution in [0.4, 0.5) is 0 Å². The summed E-state index contributed by atoms with van der Waals surface area (Å²) in [4.78, 5) is 26.1. The molecule has 25 heavy (non-hydrogen) atoms. The number of aromatic hydroxyl groups is 2. The maximum Gasteiger partial charge on any atom is 0.318 e. The van der Waals surface area contributed by atoms with E-state index in [2.05, 4.69) is 0 Å². The van der Waals surface area contributed by atoms with Gasteiger partial charge in [0.25, 0.3) is 0 Å². The van der Waals surface area contributed by atoms with E-state index in [0.717, 1.165) is 12.8 Å². The van der Waals surface area contributed by atoms with Gasteiger partial charge in [-0.2, -0.15) is 0 Å². The number of hydrogen-bond donors (Lipinski definition) is 2. The van der Waals surface area contributed by atoms with Crippen molar-refractivity contribution in [3.8, 4) is 11.5 Å². The van der Waals surface area contributed by atoms with Crippen molar-refractivity contribution in [2.45, 2.75) is 64.4 Å². The van der Waals surface area contributed by atoms with Crippen LogP contribution in [0.15, 0.2) is 6.07 Å². The number of esters is 1. The molecule has 0 aromatic heterocycles. The highest BCUT2D eigenvalue weighted by Crippen LogP contribution is 2.65. The second-order valence-electron chi connectivity index (χ2n) is 8.72. The zero-order valence-corrected chi connectivity index (χ0v) is 15.0. The number of ether oxygens (including phenoxy) is 1. The molecule has 1 saturated carbocycles. The van der Waals surface area contributed by atoms with Crippen LogP contribution in [0.2, 0.25) is 0 Å². The topological polar surface area (TPSA) is 83.8 Å². The fraction of sp³-hybridized carbons (Fsp3) is 0.600. The number of carbonyl (C=O) groups excluding carboxylic acids is 2. The molecule has 2 N–H and O–H groups in total. The number of fused-ring (bicyclic) bond motifs is 1. The van der Waals surface area contributed by atoms with Gasteiger partial charge in [0, 0.05) is 22.6 Å². The Kier molecular flexibility index (Phi) is 3.14. The van der Waals surface area contributed by atoms with Crippen molar-refractivity contribution in [2.24, 2.45) is 11.3 Å². The molecule has 0 radical (unpaired) electrons. The zero-order valence-electron chi connectivity index (χ0n) is 15.0. The molecule has 0 amide bonds. The molecule has 2 bridgehead atoms. The fourth-order valence-electron chi connectivity index (χ4n) is 5.45. The van der Waals surface area contributed by atoms with Gasteiger partial charge in [0.05, 0.1) is 0 Å². The van der Waals surface area contributed by atoms with Crippen LogP contribution in [0.5, 0.6) is 11.5 Å². The predicted octanol–water partition coefficient (Wildman–Crippen LogP) is 3.47. The van der Waals surface area contributed by atoms with Crippen molar-refractivity contribution in [3.05, 3.63) is 22.8 Å². The zero-order chi connectivity index (χ0) is 18.3. The van der Waals surface area contributed by atoms with Crippen LogP contribution >= 0.6 is 0 Å². The van der Waals surface area contributed by atoms with Crippen LogP contribution in [-0.2, 0) is 19.7 Å². The van der Waals surface area contributed by atoms with E-state index in [4.69, 9.17) is 4.74 Å². The first-order valence-corrected chi connectivity index (χ1v) is 8.97. The first kappa shape index (κ1) is 16.4. The van der Waals surface area contributed by atoms with Crippen LogP contribution < -0.4 is 0 Å². The van der Waals surface area contributed by atoms with Gasteiger partial charge in [-0.1, -0.05) is 34.1 Å². The molecule has 4 aliphatic rings. The minimum absolute atomic E-state index is 0.0291. The van der Waals surface area contributed by atoms with Gasteiger partial charge in [-0.15, -0.1) is 0 Å². The van der Waals surface area contributed by atoms with Gasteiger partial charge in [-0.05, 0) is 30.2 Å². The summed E-state index contributed by atoms with van der Waals surface area (Å²) in [5.74, 6) is -1.50. The van der Waals surface area contributed by atoms with Gasteiger partial charge < -0.3 is 14.9 Å². The van der Waals surface area contributed by atoms with Crippen molar-refractivity contribution < 1.29 is 24.5 Å². The molecule has 5 nitrogen and oxygen atoms in total. The van der Waals surface area contributed by atoms with Gasteiger partial charge in [0.1, 0.15) is 5.41 Å². The smallest absolute Gasteiger partial charge is 0.318 e. The number of phenolic OH excluding ortho intramolecular Hbond substituents is 2.